The summed E-state index contributed by atoms with van der Waals surface area (Å²) >= 11 is 0. The number of aromatic nitrogens is 1. The lowest BCUT2D eigenvalue weighted by Crippen LogP contribution is -2.13. The summed E-state index contributed by atoms with van der Waals surface area (Å²) in [5, 5.41) is 4.99. The number of benzene rings is 2. The van der Waals surface area contributed by atoms with Crippen LogP contribution in [0.2, 0.25) is 0 Å². The van der Waals surface area contributed by atoms with Gasteiger partial charge in [-0.3, -0.25) is 0 Å². The first kappa shape index (κ1) is 11.7. The van der Waals surface area contributed by atoms with Gasteiger partial charge in [0.25, 0.3) is 0 Å². The monoisotopic (exact) mass is 262 g/mol. The Morgan fingerprint density at radius 1 is 0.900 bits per heavy atom. The maximum atomic E-state index is 3.64. The molecule has 0 bridgehead atoms. The molecule has 0 radical (unpaired) electrons. The van der Waals surface area contributed by atoms with E-state index in [1.165, 1.54) is 40.6 Å². The van der Waals surface area contributed by atoms with Crippen LogP contribution in [0.1, 0.15) is 24.4 Å². The van der Waals surface area contributed by atoms with Gasteiger partial charge in [-0.25, -0.2) is 0 Å². The van der Waals surface area contributed by atoms with E-state index < -0.39 is 0 Å². The van der Waals surface area contributed by atoms with Crippen molar-refractivity contribution in [2.75, 3.05) is 6.54 Å². The van der Waals surface area contributed by atoms with Crippen molar-refractivity contribution < 1.29 is 0 Å². The van der Waals surface area contributed by atoms with Gasteiger partial charge >= 0.3 is 0 Å². The van der Waals surface area contributed by atoms with E-state index in [2.05, 4.69) is 64.9 Å². The van der Waals surface area contributed by atoms with E-state index in [0.29, 0.717) is 6.04 Å². The van der Waals surface area contributed by atoms with E-state index in [-0.39, 0.29) is 0 Å². The average Bonchev–Trinajstić information content (AvgIpc) is 3.14. The molecule has 2 heterocycles. The molecule has 1 unspecified atom stereocenters. The Morgan fingerprint density at radius 2 is 1.70 bits per heavy atom. The van der Waals surface area contributed by atoms with Gasteiger partial charge in [0.1, 0.15) is 0 Å². The van der Waals surface area contributed by atoms with Crippen molar-refractivity contribution in [2.24, 2.45) is 0 Å². The van der Waals surface area contributed by atoms with Gasteiger partial charge in [0.05, 0.1) is 5.69 Å². The second kappa shape index (κ2) is 4.80. The Bertz CT molecular complexity index is 722. The van der Waals surface area contributed by atoms with E-state index in [1.54, 1.807) is 0 Å². The van der Waals surface area contributed by atoms with Crippen LogP contribution in [0.5, 0.6) is 0 Å². The third kappa shape index (κ3) is 1.84. The standard InChI is InChI=1S/C18H18N2/c1-2-7-13(8-3-1)18-17(16-11-6-12-19-16)14-9-4-5-10-15(14)20-18/h1-5,7-10,16,19-20H,6,11-12H2. The number of fused-ring (bicyclic) bond motifs is 1. The fraction of sp³-hybridized carbons (Fsp3) is 0.222. The highest BCUT2D eigenvalue weighted by atomic mass is 14.9. The second-order valence-electron chi connectivity index (χ2n) is 5.47. The molecular weight excluding hydrogens is 244 g/mol. The normalized spacial score (nSPS) is 18.7. The Balaban J connectivity index is 1.97. The quantitative estimate of drug-likeness (QED) is 0.709. The highest BCUT2D eigenvalue weighted by Crippen LogP contribution is 2.37. The summed E-state index contributed by atoms with van der Waals surface area (Å²) in [4.78, 5) is 3.62. The molecule has 100 valence electrons. The number of H-pyrrole nitrogens is 1. The van der Waals surface area contributed by atoms with Gasteiger partial charge in [-0.15, -0.1) is 0 Å². The van der Waals surface area contributed by atoms with E-state index in [4.69, 9.17) is 0 Å². The third-order valence-electron chi connectivity index (χ3n) is 4.22. The second-order valence-corrected chi connectivity index (χ2v) is 5.47. The molecule has 2 N–H and O–H groups in total. The van der Waals surface area contributed by atoms with Crippen molar-refractivity contribution in [1.82, 2.24) is 10.3 Å². The van der Waals surface area contributed by atoms with Crippen molar-refractivity contribution in [2.45, 2.75) is 18.9 Å². The molecule has 2 heteroatoms. The Hall–Kier alpha value is -2.06. The van der Waals surface area contributed by atoms with E-state index in [1.807, 2.05) is 0 Å². The number of rotatable bonds is 2. The molecule has 1 fully saturated rings. The molecule has 1 aliphatic rings. The molecule has 0 aliphatic carbocycles. The van der Waals surface area contributed by atoms with Gasteiger partial charge in [0.15, 0.2) is 0 Å². The maximum absolute atomic E-state index is 3.64. The van der Waals surface area contributed by atoms with Crippen LogP contribution in [0.15, 0.2) is 54.6 Å². The topological polar surface area (TPSA) is 27.8 Å². The molecule has 20 heavy (non-hydrogen) atoms. The van der Waals surface area contributed by atoms with Crippen LogP contribution in [-0.2, 0) is 0 Å². The Kier molecular flexibility index (Phi) is 2.82. The minimum absolute atomic E-state index is 0.473. The van der Waals surface area contributed by atoms with Gasteiger partial charge < -0.3 is 10.3 Å². The van der Waals surface area contributed by atoms with Gasteiger partial charge in [0.2, 0.25) is 0 Å². The number of hydrogen-bond donors (Lipinski definition) is 2. The lowest BCUT2D eigenvalue weighted by molar-refractivity contribution is 0.654. The van der Waals surface area contributed by atoms with Crippen molar-refractivity contribution >= 4 is 10.9 Å². The predicted molar refractivity (Wildman–Crippen MR) is 83.7 cm³/mol. The minimum atomic E-state index is 0.473. The first-order valence-corrected chi connectivity index (χ1v) is 7.33. The highest BCUT2D eigenvalue weighted by molar-refractivity contribution is 5.91. The number of nitrogens with one attached hydrogen (secondary N) is 2. The van der Waals surface area contributed by atoms with Gasteiger partial charge in [-0.05, 0) is 31.0 Å². The molecule has 0 saturated carbocycles. The van der Waals surface area contributed by atoms with Crippen LogP contribution >= 0.6 is 0 Å². The Morgan fingerprint density at radius 3 is 2.50 bits per heavy atom. The molecule has 0 amide bonds. The smallest absolute Gasteiger partial charge is 0.0513 e. The van der Waals surface area contributed by atoms with Crippen LogP contribution in [0.4, 0.5) is 0 Å². The third-order valence-corrected chi connectivity index (χ3v) is 4.22. The van der Waals surface area contributed by atoms with Gasteiger partial charge in [-0.2, -0.15) is 0 Å². The first-order chi connectivity index (χ1) is 9.93. The number of aromatic amines is 1. The van der Waals surface area contributed by atoms with E-state index in [9.17, 15) is 0 Å². The zero-order valence-corrected chi connectivity index (χ0v) is 11.4. The molecule has 1 aliphatic heterocycles. The van der Waals surface area contributed by atoms with Crippen molar-refractivity contribution in [1.29, 1.82) is 0 Å². The van der Waals surface area contributed by atoms with Crippen LogP contribution in [-0.4, -0.2) is 11.5 Å². The Labute approximate surface area is 118 Å². The summed E-state index contributed by atoms with van der Waals surface area (Å²) in [6, 6.07) is 19.7. The fourth-order valence-corrected chi connectivity index (χ4v) is 3.29. The largest absolute Gasteiger partial charge is 0.354 e. The minimum Gasteiger partial charge on any atom is -0.354 e. The molecule has 1 atom stereocenters. The molecule has 1 aromatic heterocycles. The van der Waals surface area contributed by atoms with Crippen LogP contribution in [0.3, 0.4) is 0 Å². The first-order valence-electron chi connectivity index (χ1n) is 7.33. The summed E-state index contributed by atoms with van der Waals surface area (Å²) < 4.78 is 0. The molecule has 1 saturated heterocycles. The lowest BCUT2D eigenvalue weighted by atomic mass is 9.98. The summed E-state index contributed by atoms with van der Waals surface area (Å²) in [6.45, 7) is 1.12. The SMILES string of the molecule is c1ccc(-c2[nH]c3ccccc3c2C2CCCN2)cc1. The van der Waals surface area contributed by atoms with Crippen LogP contribution < -0.4 is 5.32 Å². The maximum Gasteiger partial charge on any atom is 0.0513 e. The van der Waals surface area contributed by atoms with Crippen molar-refractivity contribution in [3.8, 4) is 11.3 Å². The zero-order valence-electron chi connectivity index (χ0n) is 11.4. The van der Waals surface area contributed by atoms with Crippen LogP contribution in [0.25, 0.3) is 22.2 Å². The molecule has 4 rings (SSSR count). The molecule has 2 aromatic carbocycles. The summed E-state index contributed by atoms with van der Waals surface area (Å²) in [5.41, 5.74) is 5.21. The van der Waals surface area contributed by atoms with Crippen LogP contribution in [0, 0.1) is 0 Å². The predicted octanol–water partition coefficient (Wildman–Crippen LogP) is 4.26. The highest BCUT2D eigenvalue weighted by Gasteiger charge is 2.23. The average molecular weight is 262 g/mol. The van der Waals surface area contributed by atoms with Crippen molar-refractivity contribution in [3.63, 3.8) is 0 Å². The van der Waals surface area contributed by atoms with E-state index in [0.717, 1.165) is 6.54 Å². The molecule has 0 spiro atoms. The number of para-hydroxylation sites is 1. The van der Waals surface area contributed by atoms with Gasteiger partial charge in [0, 0.05) is 22.5 Å². The van der Waals surface area contributed by atoms with E-state index >= 15 is 0 Å². The number of hydrogen-bond acceptors (Lipinski definition) is 1. The fourth-order valence-electron chi connectivity index (χ4n) is 3.29. The summed E-state index contributed by atoms with van der Waals surface area (Å²) in [7, 11) is 0. The summed E-state index contributed by atoms with van der Waals surface area (Å²) in [5.74, 6) is 0. The molecular formula is C18H18N2. The van der Waals surface area contributed by atoms with Gasteiger partial charge in [-0.1, -0.05) is 48.5 Å². The molecule has 2 nitrogen and oxygen atoms in total. The lowest BCUT2D eigenvalue weighted by Gasteiger charge is -2.12. The zero-order chi connectivity index (χ0) is 13.4. The molecule has 3 aromatic rings. The summed E-state index contributed by atoms with van der Waals surface area (Å²) in [6.07, 6.45) is 2.49. The van der Waals surface area contributed by atoms with Crippen molar-refractivity contribution in [3.05, 3.63) is 60.2 Å².